The average Bonchev–Trinajstić information content (AvgIpc) is 2.42. The van der Waals surface area contributed by atoms with Crippen molar-refractivity contribution in [3.63, 3.8) is 0 Å². The Morgan fingerprint density at radius 1 is 1.21 bits per heavy atom. The second-order valence-corrected chi connectivity index (χ2v) is 4.74. The summed E-state index contributed by atoms with van der Waals surface area (Å²) in [7, 11) is 2.10. The first-order chi connectivity index (χ1) is 9.20. The predicted molar refractivity (Wildman–Crippen MR) is 81.7 cm³/mol. The van der Waals surface area contributed by atoms with Crippen LogP contribution in [0.25, 0.3) is 0 Å². The van der Waals surface area contributed by atoms with Crippen molar-refractivity contribution in [1.82, 2.24) is 4.98 Å². The van der Waals surface area contributed by atoms with Crippen LogP contribution in [0.15, 0.2) is 42.7 Å². The van der Waals surface area contributed by atoms with Gasteiger partial charge in [-0.25, -0.2) is 0 Å². The number of benzene rings is 1. The number of aryl methyl sites for hydroxylation is 1. The van der Waals surface area contributed by atoms with Gasteiger partial charge < -0.3 is 10.2 Å². The lowest BCUT2D eigenvalue weighted by atomic mass is 10.1. The zero-order valence-corrected chi connectivity index (χ0v) is 11.9. The van der Waals surface area contributed by atoms with Crippen molar-refractivity contribution in [2.45, 2.75) is 20.4 Å². The monoisotopic (exact) mass is 255 g/mol. The van der Waals surface area contributed by atoms with Gasteiger partial charge in [0.2, 0.25) is 0 Å². The van der Waals surface area contributed by atoms with Crippen LogP contribution in [0.3, 0.4) is 0 Å². The lowest BCUT2D eigenvalue weighted by molar-refractivity contribution is 0.909. The summed E-state index contributed by atoms with van der Waals surface area (Å²) in [6.07, 6.45) is 3.76. The summed E-state index contributed by atoms with van der Waals surface area (Å²) in [6, 6.07) is 10.6. The molecule has 2 aromatic rings. The molecule has 100 valence electrons. The molecule has 2 rings (SSSR count). The molecule has 0 saturated heterocycles. The smallest absolute Gasteiger partial charge is 0.0573 e. The molecular weight excluding hydrogens is 234 g/mol. The average molecular weight is 255 g/mol. The lowest BCUT2D eigenvalue weighted by Gasteiger charge is -2.20. The maximum absolute atomic E-state index is 4.28. The van der Waals surface area contributed by atoms with Crippen LogP contribution in [0, 0.1) is 6.92 Å². The van der Waals surface area contributed by atoms with Crippen LogP contribution in [0.4, 0.5) is 11.4 Å². The summed E-state index contributed by atoms with van der Waals surface area (Å²) >= 11 is 0. The zero-order chi connectivity index (χ0) is 13.7. The Labute approximate surface area is 115 Å². The van der Waals surface area contributed by atoms with Crippen LogP contribution in [-0.4, -0.2) is 18.6 Å². The summed E-state index contributed by atoms with van der Waals surface area (Å²) in [5.74, 6) is 0. The maximum atomic E-state index is 4.28. The standard InChI is InChI=1S/C16H21N3/c1-4-18-15-9-16(11-17-10-15)19(3)12-14-8-6-5-7-13(14)2/h5-11,18H,4,12H2,1-3H3. The van der Waals surface area contributed by atoms with Gasteiger partial charge in [0.25, 0.3) is 0 Å². The minimum Gasteiger partial charge on any atom is -0.384 e. The lowest BCUT2D eigenvalue weighted by Crippen LogP contribution is -2.17. The Hall–Kier alpha value is -2.03. The topological polar surface area (TPSA) is 28.2 Å². The van der Waals surface area contributed by atoms with Gasteiger partial charge in [-0.3, -0.25) is 4.98 Å². The number of nitrogens with one attached hydrogen (secondary N) is 1. The second-order valence-electron chi connectivity index (χ2n) is 4.74. The molecule has 0 fully saturated rings. The van der Waals surface area contributed by atoms with E-state index in [1.54, 1.807) is 0 Å². The molecule has 0 amide bonds. The molecule has 0 radical (unpaired) electrons. The summed E-state index contributed by atoms with van der Waals surface area (Å²) in [4.78, 5) is 6.50. The SMILES string of the molecule is CCNc1cncc(N(C)Cc2ccccc2C)c1. The molecule has 0 spiro atoms. The Morgan fingerprint density at radius 2 is 2.00 bits per heavy atom. The second kappa shape index (κ2) is 6.23. The molecule has 1 aromatic heterocycles. The van der Waals surface area contributed by atoms with Gasteiger partial charge in [-0.15, -0.1) is 0 Å². The molecule has 19 heavy (non-hydrogen) atoms. The highest BCUT2D eigenvalue weighted by Crippen LogP contribution is 2.19. The minimum atomic E-state index is 0.893. The van der Waals surface area contributed by atoms with Gasteiger partial charge in [0.05, 0.1) is 23.8 Å². The first kappa shape index (κ1) is 13.4. The summed E-state index contributed by atoms with van der Waals surface area (Å²) < 4.78 is 0. The quantitative estimate of drug-likeness (QED) is 0.887. The molecule has 0 aliphatic heterocycles. The predicted octanol–water partition coefficient (Wildman–Crippen LogP) is 3.46. The van der Waals surface area contributed by atoms with Gasteiger partial charge >= 0.3 is 0 Å². The van der Waals surface area contributed by atoms with Crippen LogP contribution >= 0.6 is 0 Å². The Balaban J connectivity index is 2.13. The van der Waals surface area contributed by atoms with Crippen LogP contribution in [0.1, 0.15) is 18.1 Å². The molecule has 0 aliphatic rings. The maximum Gasteiger partial charge on any atom is 0.0573 e. The van der Waals surface area contributed by atoms with Crippen molar-refractivity contribution in [3.05, 3.63) is 53.9 Å². The van der Waals surface area contributed by atoms with E-state index in [-0.39, 0.29) is 0 Å². The Bertz CT molecular complexity index is 537. The number of hydrogen-bond acceptors (Lipinski definition) is 3. The van der Waals surface area contributed by atoms with E-state index in [0.29, 0.717) is 0 Å². The number of hydrogen-bond donors (Lipinski definition) is 1. The van der Waals surface area contributed by atoms with Crippen molar-refractivity contribution in [2.75, 3.05) is 23.8 Å². The van der Waals surface area contributed by atoms with E-state index < -0.39 is 0 Å². The molecule has 3 nitrogen and oxygen atoms in total. The number of aromatic nitrogens is 1. The fourth-order valence-electron chi connectivity index (χ4n) is 2.07. The van der Waals surface area contributed by atoms with Crippen LogP contribution < -0.4 is 10.2 Å². The normalized spacial score (nSPS) is 10.3. The van der Waals surface area contributed by atoms with Crippen LogP contribution in [-0.2, 0) is 6.54 Å². The number of anilines is 2. The van der Waals surface area contributed by atoms with Gasteiger partial charge in [0, 0.05) is 20.1 Å². The molecule has 3 heteroatoms. The number of rotatable bonds is 5. The highest BCUT2D eigenvalue weighted by Gasteiger charge is 2.05. The molecule has 0 aliphatic carbocycles. The molecule has 0 saturated carbocycles. The molecule has 1 N–H and O–H groups in total. The van der Waals surface area contributed by atoms with Gasteiger partial charge in [-0.05, 0) is 31.0 Å². The first-order valence-corrected chi connectivity index (χ1v) is 6.65. The van der Waals surface area contributed by atoms with Crippen molar-refractivity contribution in [2.24, 2.45) is 0 Å². The van der Waals surface area contributed by atoms with E-state index in [1.807, 2.05) is 12.4 Å². The van der Waals surface area contributed by atoms with Crippen molar-refractivity contribution in [3.8, 4) is 0 Å². The van der Waals surface area contributed by atoms with Crippen LogP contribution in [0.5, 0.6) is 0 Å². The molecule has 1 aromatic carbocycles. The molecule has 0 bridgehead atoms. The highest BCUT2D eigenvalue weighted by molar-refractivity contribution is 5.55. The van der Waals surface area contributed by atoms with E-state index in [1.165, 1.54) is 11.1 Å². The van der Waals surface area contributed by atoms with Crippen molar-refractivity contribution >= 4 is 11.4 Å². The minimum absolute atomic E-state index is 0.893. The fourth-order valence-corrected chi connectivity index (χ4v) is 2.07. The third-order valence-corrected chi connectivity index (χ3v) is 3.21. The largest absolute Gasteiger partial charge is 0.384 e. The van der Waals surface area contributed by atoms with E-state index in [2.05, 4.69) is 66.4 Å². The molecule has 0 unspecified atom stereocenters. The van der Waals surface area contributed by atoms with E-state index >= 15 is 0 Å². The molecule has 1 heterocycles. The summed E-state index contributed by atoms with van der Waals surface area (Å²) in [6.45, 7) is 6.04. The number of pyridine rings is 1. The van der Waals surface area contributed by atoms with Crippen molar-refractivity contribution < 1.29 is 0 Å². The first-order valence-electron chi connectivity index (χ1n) is 6.65. The molecule has 0 atom stereocenters. The van der Waals surface area contributed by atoms with Gasteiger partial charge in [0.15, 0.2) is 0 Å². The Kier molecular flexibility index (Phi) is 4.39. The Morgan fingerprint density at radius 3 is 2.74 bits per heavy atom. The molecular formula is C16H21N3. The van der Waals surface area contributed by atoms with E-state index in [0.717, 1.165) is 24.5 Å². The van der Waals surface area contributed by atoms with Gasteiger partial charge in [-0.2, -0.15) is 0 Å². The van der Waals surface area contributed by atoms with Gasteiger partial charge in [-0.1, -0.05) is 24.3 Å². The van der Waals surface area contributed by atoms with Crippen LogP contribution in [0.2, 0.25) is 0 Å². The number of nitrogens with zero attached hydrogens (tertiary/aromatic N) is 2. The third-order valence-electron chi connectivity index (χ3n) is 3.21. The summed E-state index contributed by atoms with van der Waals surface area (Å²) in [5.41, 5.74) is 4.86. The summed E-state index contributed by atoms with van der Waals surface area (Å²) in [5, 5.41) is 3.29. The fraction of sp³-hybridized carbons (Fsp3) is 0.312. The van der Waals surface area contributed by atoms with E-state index in [9.17, 15) is 0 Å². The third kappa shape index (κ3) is 3.47. The van der Waals surface area contributed by atoms with E-state index in [4.69, 9.17) is 0 Å². The highest BCUT2D eigenvalue weighted by atomic mass is 15.1. The van der Waals surface area contributed by atoms with Crippen molar-refractivity contribution in [1.29, 1.82) is 0 Å². The van der Waals surface area contributed by atoms with Gasteiger partial charge in [0.1, 0.15) is 0 Å². The zero-order valence-electron chi connectivity index (χ0n) is 11.9.